The van der Waals surface area contributed by atoms with Crippen LogP contribution < -0.4 is 24.8 Å². The van der Waals surface area contributed by atoms with Crippen molar-refractivity contribution in [3.63, 3.8) is 0 Å². The molecule has 4 aliphatic rings. The van der Waals surface area contributed by atoms with Gasteiger partial charge in [-0.3, -0.25) is 0 Å². The van der Waals surface area contributed by atoms with Crippen LogP contribution in [-0.4, -0.2) is 12.3 Å². The van der Waals surface area contributed by atoms with Gasteiger partial charge in [-0.1, -0.05) is 0 Å². The molecule has 1 aliphatic heterocycles. The molecule has 0 nitrogen and oxygen atoms in total. The van der Waals surface area contributed by atoms with Crippen molar-refractivity contribution in [2.24, 2.45) is 11.8 Å². The Balaban J connectivity index is 0.000000781. The molecule has 6 unspecified atom stereocenters. The molecule has 0 bridgehead atoms. The fraction of sp³-hybridized carbons (Fsp3) is 0.368. The summed E-state index contributed by atoms with van der Waals surface area (Å²) in [6.07, 6.45) is 13.7. The normalized spacial score (nSPS) is 37.7. The Labute approximate surface area is 161 Å². The summed E-state index contributed by atoms with van der Waals surface area (Å²) < 4.78 is 1.90. The number of hydrogen-bond acceptors (Lipinski definition) is 0. The van der Waals surface area contributed by atoms with Crippen molar-refractivity contribution in [3.05, 3.63) is 65.0 Å². The van der Waals surface area contributed by atoms with Gasteiger partial charge in [-0.2, -0.15) is 0 Å². The van der Waals surface area contributed by atoms with Crippen LogP contribution in [-0.2, 0) is 19.2 Å². The molecule has 3 aliphatic carbocycles. The molecule has 0 aromatic heterocycles. The van der Waals surface area contributed by atoms with Gasteiger partial charge >= 0.3 is 137 Å². The summed E-state index contributed by atoms with van der Waals surface area (Å²) in [5.41, 5.74) is 4.21. The van der Waals surface area contributed by atoms with E-state index in [2.05, 4.69) is 61.3 Å². The van der Waals surface area contributed by atoms with Crippen molar-refractivity contribution in [3.8, 4) is 0 Å². The van der Waals surface area contributed by atoms with Gasteiger partial charge < -0.3 is 24.8 Å². The molecule has 1 aromatic carbocycles. The van der Waals surface area contributed by atoms with Crippen LogP contribution >= 0.6 is 7.92 Å². The van der Waals surface area contributed by atoms with Crippen LogP contribution in [0.2, 0.25) is 4.22 Å². The summed E-state index contributed by atoms with van der Waals surface area (Å²) in [5, 5.41) is 1.85. The van der Waals surface area contributed by atoms with Crippen LogP contribution in [0.4, 0.5) is 0 Å². The van der Waals surface area contributed by atoms with Crippen molar-refractivity contribution < 1.29 is 44.0 Å². The average Bonchev–Trinajstić information content (AvgIpc) is 3.07. The van der Waals surface area contributed by atoms with Gasteiger partial charge in [0.2, 0.25) is 0 Å². The molecule has 1 saturated carbocycles. The monoisotopic (exact) mass is 396 g/mol. The van der Waals surface area contributed by atoms with Crippen molar-refractivity contribution in [2.75, 3.05) is 6.66 Å². The molecule has 1 saturated heterocycles. The van der Waals surface area contributed by atoms with Gasteiger partial charge in [-0.05, 0) is 0 Å². The first-order chi connectivity index (χ1) is 10.3. The second-order valence-corrected chi connectivity index (χ2v) is 11.6. The standard InChI is InChI=1S/C19H19P.2ClH.Ti/c1-20(18-10-14-6-2-3-7-15(14)11-18)19-12-16-8-4-5-9-17(16)13-19;;;/h2-12,16-17,19H,13H2,1H3;2*1H;/q;;;+2/p-2. The number of allylic oxidation sites excluding steroid dienone is 5. The Morgan fingerprint density at radius 1 is 1.09 bits per heavy atom. The maximum absolute atomic E-state index is 2.58. The van der Waals surface area contributed by atoms with Gasteiger partial charge in [0.05, 0.1) is 0 Å². The Kier molecular flexibility index (Phi) is 5.33. The molecule has 0 N–H and O–H groups in total. The Hall–Kier alpha value is 0.164. The summed E-state index contributed by atoms with van der Waals surface area (Å²) in [7, 11) is 0.0689. The molecule has 0 amide bonds. The SMILES string of the molecule is CP1C2=Cc3ccccc3[CH]2[Ti+2][CH]2C3C=CC=CC3CC21.[Cl-].[Cl-]. The maximum atomic E-state index is 2.58. The molecular weight excluding hydrogens is 378 g/mol. The quantitative estimate of drug-likeness (QED) is 0.398. The van der Waals surface area contributed by atoms with Crippen molar-refractivity contribution in [1.29, 1.82) is 0 Å². The van der Waals surface area contributed by atoms with Crippen LogP contribution in [0.15, 0.2) is 53.9 Å². The maximum Gasteiger partial charge on any atom is -1.00 e. The number of benzene rings is 1. The fourth-order valence-electron chi connectivity index (χ4n) is 4.77. The van der Waals surface area contributed by atoms with Crippen LogP contribution in [0.3, 0.4) is 0 Å². The van der Waals surface area contributed by atoms with E-state index in [9.17, 15) is 0 Å². The molecule has 23 heavy (non-hydrogen) atoms. The predicted molar refractivity (Wildman–Crippen MR) is 87.4 cm³/mol. The van der Waals surface area contributed by atoms with E-state index in [4.69, 9.17) is 0 Å². The first-order valence-corrected chi connectivity index (χ1v) is 11.6. The minimum absolute atomic E-state index is 0. The first-order valence-electron chi connectivity index (χ1n) is 7.97. The average molecular weight is 397 g/mol. The third-order valence-corrected chi connectivity index (χ3v) is 12.7. The molecule has 118 valence electrons. The number of rotatable bonds is 0. The summed E-state index contributed by atoms with van der Waals surface area (Å²) in [6.45, 7) is 2.58. The van der Waals surface area contributed by atoms with Gasteiger partial charge in [0.1, 0.15) is 0 Å². The second-order valence-electron chi connectivity index (χ2n) is 6.75. The third-order valence-electron chi connectivity index (χ3n) is 5.81. The first kappa shape index (κ1) is 18.0. The summed E-state index contributed by atoms with van der Waals surface area (Å²) in [4.78, 5) is 0. The molecule has 6 atom stereocenters. The zero-order chi connectivity index (χ0) is 14.0. The zero-order valence-corrected chi connectivity index (χ0v) is 17.0. The van der Waals surface area contributed by atoms with Crippen molar-refractivity contribution in [2.45, 2.75) is 20.5 Å². The largest absolute Gasteiger partial charge is 1.00 e. The number of halogens is 2. The second kappa shape index (κ2) is 6.82. The Morgan fingerprint density at radius 3 is 2.74 bits per heavy atom. The van der Waals surface area contributed by atoms with Gasteiger partial charge in [0.15, 0.2) is 0 Å². The molecule has 1 aromatic rings. The van der Waals surface area contributed by atoms with Gasteiger partial charge in [-0.15, -0.1) is 0 Å². The van der Waals surface area contributed by atoms with E-state index in [0.29, 0.717) is 0 Å². The summed E-state index contributed by atoms with van der Waals surface area (Å²) >= 11 is 0.0697. The van der Waals surface area contributed by atoms with E-state index in [-0.39, 0.29) is 51.9 Å². The smallest absolute Gasteiger partial charge is 1.00 e. The molecule has 2 fully saturated rings. The zero-order valence-electron chi connectivity index (χ0n) is 13.0. The number of fused-ring (bicyclic) bond motifs is 6. The van der Waals surface area contributed by atoms with E-state index in [1.54, 1.807) is 5.56 Å². The topological polar surface area (TPSA) is 0 Å². The molecule has 1 heterocycles. The van der Waals surface area contributed by atoms with E-state index in [1.807, 2.05) is 5.31 Å². The van der Waals surface area contributed by atoms with Crippen molar-refractivity contribution >= 4 is 14.0 Å². The van der Waals surface area contributed by atoms with E-state index < -0.39 is 0 Å². The molecule has 0 spiro atoms. The van der Waals surface area contributed by atoms with E-state index >= 15 is 0 Å². The van der Waals surface area contributed by atoms with Crippen LogP contribution in [0, 0.1) is 11.8 Å². The molecule has 0 radical (unpaired) electrons. The summed E-state index contributed by atoms with van der Waals surface area (Å²) in [5.74, 6) is 1.73. The van der Waals surface area contributed by atoms with E-state index in [1.165, 1.54) is 12.0 Å². The third kappa shape index (κ3) is 2.66. The number of hydrogen-bond donors (Lipinski definition) is 0. The Morgan fingerprint density at radius 2 is 1.87 bits per heavy atom. The van der Waals surface area contributed by atoms with Gasteiger partial charge in [-0.25, -0.2) is 0 Å². The summed E-state index contributed by atoms with van der Waals surface area (Å²) in [6, 6.07) is 9.18. The molecule has 5 rings (SSSR count). The minimum atomic E-state index is 0. The van der Waals surface area contributed by atoms with Crippen LogP contribution in [0.25, 0.3) is 6.08 Å². The fourth-order valence-corrected chi connectivity index (χ4v) is 13.1. The van der Waals surface area contributed by atoms with Crippen molar-refractivity contribution in [1.82, 2.24) is 0 Å². The van der Waals surface area contributed by atoms with Gasteiger partial charge in [0, 0.05) is 0 Å². The van der Waals surface area contributed by atoms with Crippen LogP contribution in [0.1, 0.15) is 21.8 Å². The van der Waals surface area contributed by atoms with Crippen LogP contribution in [0.5, 0.6) is 0 Å². The minimum Gasteiger partial charge on any atom is -1.00 e. The molecule has 4 heteroatoms. The van der Waals surface area contributed by atoms with E-state index in [0.717, 1.165) is 25.9 Å². The van der Waals surface area contributed by atoms with Gasteiger partial charge in [0.25, 0.3) is 0 Å². The molecular formula is C19H19Cl2PTi. The predicted octanol–water partition coefficient (Wildman–Crippen LogP) is -0.783. The Bertz CT molecular complexity index is 696.